The monoisotopic (exact) mass is 321 g/mol. The van der Waals surface area contributed by atoms with Gasteiger partial charge in [0.2, 0.25) is 0 Å². The van der Waals surface area contributed by atoms with Crippen molar-refractivity contribution in [2.45, 2.75) is 32.2 Å². The highest BCUT2D eigenvalue weighted by molar-refractivity contribution is 7.07. The van der Waals surface area contributed by atoms with E-state index in [0.29, 0.717) is 6.04 Å². The highest BCUT2D eigenvalue weighted by Crippen LogP contribution is 2.35. The standard InChI is InChI=1S/C17H20ClNOS/c1-2-5-19-16(13-4-7-21-11-13)10-14-9-15(18)8-12-3-6-20-17(12)14/h4,7-9,11,16,19H,2-3,5-6,10H2,1H3. The molecule has 2 heterocycles. The van der Waals surface area contributed by atoms with Crippen molar-refractivity contribution in [3.8, 4) is 5.75 Å². The van der Waals surface area contributed by atoms with Crippen molar-refractivity contribution in [1.82, 2.24) is 5.32 Å². The maximum Gasteiger partial charge on any atom is 0.125 e. The van der Waals surface area contributed by atoms with Crippen molar-refractivity contribution in [1.29, 1.82) is 0 Å². The Hall–Kier alpha value is -1.03. The number of benzene rings is 1. The third kappa shape index (κ3) is 3.42. The molecule has 2 aromatic rings. The smallest absolute Gasteiger partial charge is 0.125 e. The largest absolute Gasteiger partial charge is 0.493 e. The van der Waals surface area contributed by atoms with Crippen molar-refractivity contribution < 1.29 is 4.74 Å². The quantitative estimate of drug-likeness (QED) is 0.838. The second kappa shape index (κ2) is 6.82. The molecular weight excluding hydrogens is 302 g/mol. The van der Waals surface area contributed by atoms with Gasteiger partial charge in [0.1, 0.15) is 5.75 Å². The van der Waals surface area contributed by atoms with Crippen LogP contribution in [0.15, 0.2) is 29.0 Å². The van der Waals surface area contributed by atoms with Gasteiger partial charge in [-0.2, -0.15) is 11.3 Å². The van der Waals surface area contributed by atoms with E-state index in [1.165, 1.54) is 16.7 Å². The summed E-state index contributed by atoms with van der Waals surface area (Å²) in [5.41, 5.74) is 3.81. The number of ether oxygens (including phenoxy) is 1. The number of halogens is 1. The fraction of sp³-hybridized carbons (Fsp3) is 0.412. The average Bonchev–Trinajstić information content (AvgIpc) is 3.13. The lowest BCUT2D eigenvalue weighted by molar-refractivity contribution is 0.351. The molecule has 0 spiro atoms. The molecule has 4 heteroatoms. The molecule has 21 heavy (non-hydrogen) atoms. The molecule has 0 aliphatic carbocycles. The SMILES string of the molecule is CCCNC(Cc1cc(Cl)cc2c1OCC2)c1ccsc1. The lowest BCUT2D eigenvalue weighted by Gasteiger charge is -2.19. The molecule has 1 aromatic carbocycles. The molecule has 0 amide bonds. The van der Waals surface area contributed by atoms with Crippen LogP contribution < -0.4 is 10.1 Å². The van der Waals surface area contributed by atoms with Crippen molar-refractivity contribution in [3.63, 3.8) is 0 Å². The van der Waals surface area contributed by atoms with E-state index in [9.17, 15) is 0 Å². The minimum atomic E-state index is 0.322. The van der Waals surface area contributed by atoms with Crippen LogP contribution in [0.25, 0.3) is 0 Å². The maximum absolute atomic E-state index is 6.27. The van der Waals surface area contributed by atoms with Crippen molar-refractivity contribution in [2.24, 2.45) is 0 Å². The molecule has 1 atom stereocenters. The van der Waals surface area contributed by atoms with Crippen molar-refractivity contribution in [3.05, 3.63) is 50.7 Å². The summed E-state index contributed by atoms with van der Waals surface area (Å²) >= 11 is 8.01. The highest BCUT2D eigenvalue weighted by Gasteiger charge is 2.21. The summed E-state index contributed by atoms with van der Waals surface area (Å²) in [5.74, 6) is 1.05. The molecule has 0 saturated carbocycles. The Bertz CT molecular complexity index is 597. The number of thiophene rings is 1. The summed E-state index contributed by atoms with van der Waals surface area (Å²) in [6, 6.07) is 6.61. The van der Waals surface area contributed by atoms with Crippen LogP contribution in [0.1, 0.15) is 36.1 Å². The van der Waals surface area contributed by atoms with E-state index in [2.05, 4.69) is 35.1 Å². The lowest BCUT2D eigenvalue weighted by atomic mass is 9.98. The minimum Gasteiger partial charge on any atom is -0.493 e. The zero-order chi connectivity index (χ0) is 14.7. The van der Waals surface area contributed by atoms with Crippen molar-refractivity contribution in [2.75, 3.05) is 13.2 Å². The van der Waals surface area contributed by atoms with Gasteiger partial charge >= 0.3 is 0 Å². The number of rotatable bonds is 6. The van der Waals surface area contributed by atoms with Crippen LogP contribution in [-0.2, 0) is 12.8 Å². The summed E-state index contributed by atoms with van der Waals surface area (Å²) in [5, 5.41) is 8.81. The van der Waals surface area contributed by atoms with E-state index in [4.69, 9.17) is 16.3 Å². The molecule has 1 aliphatic rings. The topological polar surface area (TPSA) is 21.3 Å². The lowest BCUT2D eigenvalue weighted by Crippen LogP contribution is -2.23. The van der Waals surface area contributed by atoms with Gasteiger partial charge in [0.15, 0.2) is 0 Å². The minimum absolute atomic E-state index is 0.322. The van der Waals surface area contributed by atoms with E-state index in [-0.39, 0.29) is 0 Å². The van der Waals surface area contributed by atoms with Crippen LogP contribution in [0.5, 0.6) is 5.75 Å². The first-order valence-electron chi connectivity index (χ1n) is 7.47. The summed E-state index contributed by atoms with van der Waals surface area (Å²) in [7, 11) is 0. The van der Waals surface area contributed by atoms with Crippen LogP contribution >= 0.6 is 22.9 Å². The molecule has 0 saturated heterocycles. The van der Waals surface area contributed by atoms with E-state index in [0.717, 1.165) is 43.2 Å². The van der Waals surface area contributed by atoms with E-state index >= 15 is 0 Å². The molecule has 1 N–H and O–H groups in total. The highest BCUT2D eigenvalue weighted by atomic mass is 35.5. The van der Waals surface area contributed by atoms with Crippen molar-refractivity contribution >= 4 is 22.9 Å². The maximum atomic E-state index is 6.27. The third-order valence-corrected chi connectivity index (χ3v) is 4.76. The van der Waals surface area contributed by atoms with Gasteiger partial charge in [-0.05, 0) is 65.0 Å². The zero-order valence-electron chi connectivity index (χ0n) is 12.2. The third-order valence-electron chi connectivity index (χ3n) is 3.84. The Morgan fingerprint density at radius 2 is 2.33 bits per heavy atom. The van der Waals surface area contributed by atoms with E-state index < -0.39 is 0 Å². The van der Waals surface area contributed by atoms with Gasteiger partial charge in [-0.15, -0.1) is 0 Å². The molecule has 1 aromatic heterocycles. The molecule has 2 nitrogen and oxygen atoms in total. The fourth-order valence-electron chi connectivity index (χ4n) is 2.82. The van der Waals surface area contributed by atoms with Gasteiger partial charge in [-0.3, -0.25) is 0 Å². The van der Waals surface area contributed by atoms with Gasteiger partial charge in [-0.1, -0.05) is 18.5 Å². The molecule has 112 valence electrons. The van der Waals surface area contributed by atoms with Crippen LogP contribution in [0.4, 0.5) is 0 Å². The first-order chi connectivity index (χ1) is 10.3. The first-order valence-corrected chi connectivity index (χ1v) is 8.79. The number of nitrogens with one attached hydrogen (secondary N) is 1. The number of hydrogen-bond acceptors (Lipinski definition) is 3. The summed E-state index contributed by atoms with van der Waals surface area (Å²) in [6.45, 7) is 3.98. The van der Waals surface area contributed by atoms with Crippen LogP contribution in [-0.4, -0.2) is 13.2 Å². The summed E-state index contributed by atoms with van der Waals surface area (Å²) in [6.07, 6.45) is 3.01. The molecule has 1 unspecified atom stereocenters. The summed E-state index contributed by atoms with van der Waals surface area (Å²) < 4.78 is 5.82. The Morgan fingerprint density at radius 3 is 3.10 bits per heavy atom. The summed E-state index contributed by atoms with van der Waals surface area (Å²) in [4.78, 5) is 0. The van der Waals surface area contributed by atoms with Crippen LogP contribution in [0.3, 0.4) is 0 Å². The van der Waals surface area contributed by atoms with Crippen LogP contribution in [0.2, 0.25) is 5.02 Å². The van der Waals surface area contributed by atoms with Gasteiger partial charge in [-0.25, -0.2) is 0 Å². The second-order valence-electron chi connectivity index (χ2n) is 5.42. The number of hydrogen-bond donors (Lipinski definition) is 1. The molecule has 0 fully saturated rings. The zero-order valence-corrected chi connectivity index (χ0v) is 13.8. The predicted octanol–water partition coefficient (Wildman–Crippen LogP) is 4.62. The van der Waals surface area contributed by atoms with E-state index in [1.54, 1.807) is 11.3 Å². The Kier molecular flexibility index (Phi) is 4.84. The van der Waals surface area contributed by atoms with E-state index in [1.807, 2.05) is 6.07 Å². The fourth-order valence-corrected chi connectivity index (χ4v) is 3.79. The molecule has 0 bridgehead atoms. The van der Waals surface area contributed by atoms with Gasteiger partial charge < -0.3 is 10.1 Å². The average molecular weight is 322 g/mol. The normalized spacial score (nSPS) is 14.8. The Balaban J connectivity index is 1.86. The Labute approximate surface area is 135 Å². The number of fused-ring (bicyclic) bond motifs is 1. The first kappa shape index (κ1) is 14.9. The van der Waals surface area contributed by atoms with Gasteiger partial charge in [0.05, 0.1) is 6.61 Å². The molecule has 0 radical (unpaired) electrons. The molecule has 1 aliphatic heterocycles. The Morgan fingerprint density at radius 1 is 1.43 bits per heavy atom. The predicted molar refractivity (Wildman–Crippen MR) is 89.7 cm³/mol. The second-order valence-corrected chi connectivity index (χ2v) is 6.64. The van der Waals surface area contributed by atoms with Gasteiger partial charge in [0.25, 0.3) is 0 Å². The van der Waals surface area contributed by atoms with Gasteiger partial charge in [0, 0.05) is 17.5 Å². The molecule has 3 rings (SSSR count). The molecular formula is C17H20ClNOS. The van der Waals surface area contributed by atoms with Crippen LogP contribution in [0, 0.1) is 0 Å².